The molecule has 0 saturated heterocycles. The van der Waals surface area contributed by atoms with E-state index in [1.807, 2.05) is 0 Å². The van der Waals surface area contributed by atoms with Gasteiger partial charge in [-0.25, -0.2) is 0 Å². The predicted molar refractivity (Wildman–Crippen MR) is 144 cm³/mol. The largest absolute Gasteiger partial charge is 0.355 e. The normalized spacial score (nSPS) is 18.9. The summed E-state index contributed by atoms with van der Waals surface area (Å²) in [5.41, 5.74) is 10.3. The van der Waals surface area contributed by atoms with Crippen LogP contribution in [-0.2, 0) is 6.42 Å². The topological polar surface area (TPSA) is 19.0 Å². The van der Waals surface area contributed by atoms with Crippen LogP contribution in [0.2, 0.25) is 0 Å². The molecular formula is C32H26N2. The van der Waals surface area contributed by atoms with Gasteiger partial charge in [-0.2, -0.15) is 0 Å². The molecule has 2 heteroatoms. The minimum atomic E-state index is 0.299. The van der Waals surface area contributed by atoms with Gasteiger partial charge < -0.3 is 9.88 Å². The fraction of sp³-hybridized carbons (Fsp3) is 0.125. The molecular weight excluding hydrogens is 412 g/mol. The van der Waals surface area contributed by atoms with E-state index in [1.54, 1.807) is 0 Å². The highest BCUT2D eigenvalue weighted by Gasteiger charge is 2.38. The molecule has 0 bridgehead atoms. The smallest absolute Gasteiger partial charge is 0.0630 e. The van der Waals surface area contributed by atoms with Crippen molar-refractivity contribution in [3.8, 4) is 0 Å². The molecule has 2 heterocycles. The first kappa shape index (κ1) is 19.4. The van der Waals surface area contributed by atoms with E-state index in [2.05, 4.69) is 126 Å². The molecule has 0 radical (unpaired) electrons. The van der Waals surface area contributed by atoms with Gasteiger partial charge >= 0.3 is 0 Å². The number of nitrogens with one attached hydrogen (secondary N) is 1. The maximum Gasteiger partial charge on any atom is 0.0630 e. The summed E-state index contributed by atoms with van der Waals surface area (Å²) < 4.78 is 0. The summed E-state index contributed by atoms with van der Waals surface area (Å²) in [4.78, 5) is 6.07. The third kappa shape index (κ3) is 2.88. The number of benzene rings is 4. The zero-order valence-electron chi connectivity index (χ0n) is 19.2. The van der Waals surface area contributed by atoms with Crippen LogP contribution >= 0.6 is 0 Å². The number of H-pyrrole nitrogens is 1. The van der Waals surface area contributed by atoms with Crippen molar-refractivity contribution in [2.75, 3.05) is 4.90 Å². The lowest BCUT2D eigenvalue weighted by atomic mass is 9.86. The monoisotopic (exact) mass is 438 g/mol. The Kier molecular flexibility index (Phi) is 4.28. The Morgan fingerprint density at radius 3 is 2.41 bits per heavy atom. The maximum absolute atomic E-state index is 3.59. The zero-order valence-corrected chi connectivity index (χ0v) is 19.2. The quantitative estimate of drug-likeness (QED) is 0.301. The number of fused-ring (bicyclic) bond motifs is 6. The maximum atomic E-state index is 3.59. The Hall–Kier alpha value is -4.04. The number of hydrogen-bond donors (Lipinski definition) is 1. The van der Waals surface area contributed by atoms with Gasteiger partial charge in [0.2, 0.25) is 0 Å². The summed E-state index contributed by atoms with van der Waals surface area (Å²) in [6.45, 7) is 2.22. The molecule has 1 aliphatic carbocycles. The number of nitrogens with zero attached hydrogens (tertiary/aromatic N) is 1. The molecule has 0 spiro atoms. The molecule has 1 N–H and O–H groups in total. The third-order valence-electron chi connectivity index (χ3n) is 7.49. The van der Waals surface area contributed by atoms with Gasteiger partial charge in [0.1, 0.15) is 0 Å². The van der Waals surface area contributed by atoms with Gasteiger partial charge in [0.05, 0.1) is 6.04 Å². The van der Waals surface area contributed by atoms with Crippen molar-refractivity contribution in [3.63, 3.8) is 0 Å². The van der Waals surface area contributed by atoms with Gasteiger partial charge in [-0.05, 0) is 71.1 Å². The number of hydrogen-bond acceptors (Lipinski definition) is 1. The highest BCUT2D eigenvalue weighted by atomic mass is 15.2. The lowest BCUT2D eigenvalue weighted by molar-refractivity contribution is 0.747. The van der Waals surface area contributed by atoms with E-state index in [4.69, 9.17) is 0 Å². The number of aromatic amines is 1. The molecule has 164 valence electrons. The summed E-state index contributed by atoms with van der Waals surface area (Å²) in [6.07, 6.45) is 8.23. The average molecular weight is 439 g/mol. The van der Waals surface area contributed by atoms with E-state index in [1.165, 1.54) is 55.4 Å². The van der Waals surface area contributed by atoms with Crippen molar-refractivity contribution in [3.05, 3.63) is 126 Å². The number of anilines is 2. The molecule has 0 amide bonds. The molecule has 2 atom stereocenters. The molecule has 7 rings (SSSR count). The van der Waals surface area contributed by atoms with E-state index in [9.17, 15) is 0 Å². The number of rotatable bonds is 3. The van der Waals surface area contributed by atoms with Crippen molar-refractivity contribution in [2.24, 2.45) is 0 Å². The van der Waals surface area contributed by atoms with Crippen LogP contribution in [0, 0.1) is 0 Å². The Labute approximate surface area is 199 Å². The lowest BCUT2D eigenvalue weighted by Crippen LogP contribution is -2.28. The zero-order chi connectivity index (χ0) is 22.6. The Balaban J connectivity index is 1.34. The van der Waals surface area contributed by atoms with Crippen LogP contribution in [0.15, 0.2) is 109 Å². The second-order valence-corrected chi connectivity index (χ2v) is 9.38. The molecule has 5 aromatic rings. The summed E-state index contributed by atoms with van der Waals surface area (Å²) in [6, 6.07) is 33.5. The van der Waals surface area contributed by atoms with Crippen molar-refractivity contribution in [2.45, 2.75) is 25.3 Å². The van der Waals surface area contributed by atoms with Gasteiger partial charge in [-0.15, -0.1) is 0 Å². The fourth-order valence-electron chi connectivity index (χ4n) is 5.78. The molecule has 0 saturated carbocycles. The lowest BCUT2D eigenvalue weighted by Gasteiger charge is -2.29. The van der Waals surface area contributed by atoms with E-state index in [0.29, 0.717) is 12.0 Å². The molecule has 4 aromatic carbocycles. The van der Waals surface area contributed by atoms with E-state index >= 15 is 0 Å². The number of allylic oxidation sites excluding steroid dienone is 2. The van der Waals surface area contributed by atoms with Crippen molar-refractivity contribution < 1.29 is 0 Å². The van der Waals surface area contributed by atoms with Crippen LogP contribution in [0.3, 0.4) is 0 Å². The Morgan fingerprint density at radius 2 is 1.56 bits per heavy atom. The average Bonchev–Trinajstić information content (AvgIpc) is 3.43. The number of aryl methyl sites for hydroxylation is 1. The van der Waals surface area contributed by atoms with Gasteiger partial charge in [-0.1, -0.05) is 73.7 Å². The van der Waals surface area contributed by atoms with Crippen LogP contribution in [0.5, 0.6) is 0 Å². The highest BCUT2D eigenvalue weighted by molar-refractivity contribution is 6.08. The van der Waals surface area contributed by atoms with Crippen LogP contribution in [0.25, 0.3) is 27.4 Å². The van der Waals surface area contributed by atoms with Crippen molar-refractivity contribution >= 4 is 38.8 Å². The Bertz CT molecular complexity index is 1600. The van der Waals surface area contributed by atoms with Gasteiger partial charge in [0, 0.05) is 39.1 Å². The third-order valence-corrected chi connectivity index (χ3v) is 7.49. The second-order valence-electron chi connectivity index (χ2n) is 9.38. The minimum Gasteiger partial charge on any atom is -0.355 e. The van der Waals surface area contributed by atoms with Crippen LogP contribution in [0.4, 0.5) is 11.4 Å². The van der Waals surface area contributed by atoms with Gasteiger partial charge in [-0.3, -0.25) is 0 Å². The first-order chi connectivity index (χ1) is 16.8. The number of para-hydroxylation sites is 2. The van der Waals surface area contributed by atoms with Crippen molar-refractivity contribution in [1.82, 2.24) is 4.98 Å². The van der Waals surface area contributed by atoms with Gasteiger partial charge in [0.15, 0.2) is 0 Å². The molecule has 2 nitrogen and oxygen atoms in total. The number of aromatic nitrogens is 1. The van der Waals surface area contributed by atoms with Crippen LogP contribution in [-0.4, -0.2) is 11.0 Å². The molecule has 1 aromatic heterocycles. The van der Waals surface area contributed by atoms with E-state index in [0.717, 1.165) is 6.42 Å². The molecule has 34 heavy (non-hydrogen) atoms. The minimum absolute atomic E-state index is 0.299. The second kappa shape index (κ2) is 7.50. The Morgan fingerprint density at radius 1 is 0.794 bits per heavy atom. The fourth-order valence-corrected chi connectivity index (χ4v) is 5.78. The standard InChI is InChI=1S/C32H26N2/c1-2-21-12-15-29-26(18-21)27-19-22(13-16-30(27)33-29)23-14-17-32-28(20-23)25-10-6-7-11-31(25)34(32)24-8-4-3-5-9-24/h3-20,28,32-33H,2H2,1H3. The first-order valence-electron chi connectivity index (χ1n) is 12.2. The summed E-state index contributed by atoms with van der Waals surface area (Å²) in [5, 5.41) is 2.62. The molecule has 2 aliphatic rings. The predicted octanol–water partition coefficient (Wildman–Crippen LogP) is 8.14. The molecule has 0 fully saturated rings. The summed E-state index contributed by atoms with van der Waals surface area (Å²) in [5.74, 6) is 0.335. The van der Waals surface area contributed by atoms with Crippen LogP contribution < -0.4 is 4.90 Å². The highest BCUT2D eigenvalue weighted by Crippen LogP contribution is 2.49. The molecule has 1 aliphatic heterocycles. The summed E-state index contributed by atoms with van der Waals surface area (Å²) >= 11 is 0. The summed E-state index contributed by atoms with van der Waals surface area (Å²) in [7, 11) is 0. The van der Waals surface area contributed by atoms with E-state index < -0.39 is 0 Å². The van der Waals surface area contributed by atoms with E-state index in [-0.39, 0.29) is 0 Å². The molecule has 2 unspecified atom stereocenters. The van der Waals surface area contributed by atoms with Crippen LogP contribution in [0.1, 0.15) is 29.5 Å². The van der Waals surface area contributed by atoms with Crippen molar-refractivity contribution in [1.29, 1.82) is 0 Å². The SMILES string of the molecule is CCc1ccc2[nH]c3ccc(C4=CC5c6ccccc6N(c6ccccc6)C5C=C4)cc3c2c1. The first-order valence-corrected chi connectivity index (χ1v) is 12.2. The van der Waals surface area contributed by atoms with Gasteiger partial charge in [0.25, 0.3) is 0 Å².